The lowest BCUT2D eigenvalue weighted by Gasteiger charge is -2.27. The van der Waals surface area contributed by atoms with Gasteiger partial charge in [-0.15, -0.1) is 0 Å². The van der Waals surface area contributed by atoms with E-state index in [9.17, 15) is 9.50 Å². The Morgan fingerprint density at radius 2 is 2.28 bits per heavy atom. The molecule has 2 rings (SSSR count). The summed E-state index contributed by atoms with van der Waals surface area (Å²) in [5, 5.41) is 19.2. The molecule has 1 unspecified atom stereocenters. The molecular weight excluding hydrogens is 279 g/mol. The molecule has 1 fully saturated rings. The van der Waals surface area contributed by atoms with Gasteiger partial charge in [0.25, 0.3) is 0 Å². The summed E-state index contributed by atoms with van der Waals surface area (Å²) in [6.07, 6.45) is -2.26. The maximum absolute atomic E-state index is 13.9. The van der Waals surface area contributed by atoms with Crippen LogP contribution in [0.2, 0.25) is 0 Å². The Morgan fingerprint density at radius 1 is 1.61 bits per heavy atom. The van der Waals surface area contributed by atoms with Crippen LogP contribution < -0.4 is 0 Å². The van der Waals surface area contributed by atoms with Gasteiger partial charge < -0.3 is 19.9 Å². The second-order valence-electron chi connectivity index (χ2n) is 4.35. The van der Waals surface area contributed by atoms with Gasteiger partial charge in [-0.3, -0.25) is 4.57 Å². The van der Waals surface area contributed by atoms with Gasteiger partial charge >= 0.3 is 0 Å². The molecule has 1 aliphatic rings. The van der Waals surface area contributed by atoms with Crippen LogP contribution in [0.5, 0.6) is 0 Å². The average Bonchev–Trinajstić information content (AvgIpc) is 2.52. The van der Waals surface area contributed by atoms with Crippen LogP contribution in [0.4, 0.5) is 4.39 Å². The fraction of sp³-hybridized carbons (Fsp3) is 0.600. The number of alkyl halides is 1. The number of hydrogen-bond acceptors (Lipinski definition) is 5. The number of nitrogens with one attached hydrogen (secondary N) is 1. The largest absolute Gasteiger partial charge is 0.394 e. The topological polar surface area (TPSA) is 70.4 Å². The molecule has 0 aromatic carbocycles. The van der Waals surface area contributed by atoms with E-state index in [0.29, 0.717) is 4.64 Å². The third kappa shape index (κ3) is 2.14. The second kappa shape index (κ2) is 4.78. The SMILES string of the molecule is CC1(O)[C@@H](F)[C@@H](CO)O[C@H]1n1ccc(=S)[nH]c1=S. The van der Waals surface area contributed by atoms with Gasteiger partial charge in [0.2, 0.25) is 0 Å². The summed E-state index contributed by atoms with van der Waals surface area (Å²) in [5.41, 5.74) is -1.78. The third-order valence-corrected chi connectivity index (χ3v) is 3.52. The first kappa shape index (κ1) is 13.8. The van der Waals surface area contributed by atoms with E-state index in [1.54, 1.807) is 6.07 Å². The number of aliphatic hydroxyl groups excluding tert-OH is 1. The lowest BCUT2D eigenvalue weighted by Crippen LogP contribution is -2.41. The normalized spacial score (nSPS) is 35.9. The number of H-pyrrole nitrogens is 1. The van der Waals surface area contributed by atoms with Crippen molar-refractivity contribution in [3.8, 4) is 0 Å². The van der Waals surface area contributed by atoms with Crippen molar-refractivity contribution in [2.24, 2.45) is 0 Å². The van der Waals surface area contributed by atoms with Crippen LogP contribution in [0.25, 0.3) is 0 Å². The van der Waals surface area contributed by atoms with Crippen molar-refractivity contribution >= 4 is 24.4 Å². The second-order valence-corrected chi connectivity index (χ2v) is 5.18. The number of hydrogen-bond donors (Lipinski definition) is 3. The Morgan fingerprint density at radius 3 is 2.78 bits per heavy atom. The summed E-state index contributed by atoms with van der Waals surface area (Å²) < 4.78 is 21.2. The predicted molar refractivity (Wildman–Crippen MR) is 67.0 cm³/mol. The van der Waals surface area contributed by atoms with Crippen molar-refractivity contribution in [1.82, 2.24) is 9.55 Å². The molecular formula is C10H13FN2O3S2. The molecule has 0 aliphatic carbocycles. The Balaban J connectivity index is 2.45. The van der Waals surface area contributed by atoms with Crippen LogP contribution in [0, 0.1) is 9.41 Å². The fourth-order valence-corrected chi connectivity index (χ4v) is 2.47. The van der Waals surface area contributed by atoms with E-state index in [4.69, 9.17) is 34.3 Å². The minimum absolute atomic E-state index is 0.221. The van der Waals surface area contributed by atoms with Crippen molar-refractivity contribution in [1.29, 1.82) is 0 Å². The van der Waals surface area contributed by atoms with Crippen LogP contribution in [0.3, 0.4) is 0 Å². The van der Waals surface area contributed by atoms with E-state index < -0.39 is 30.7 Å². The van der Waals surface area contributed by atoms with Gasteiger partial charge in [0.05, 0.1) is 6.61 Å². The minimum Gasteiger partial charge on any atom is -0.394 e. The summed E-state index contributed by atoms with van der Waals surface area (Å²) in [4.78, 5) is 2.72. The zero-order chi connectivity index (χ0) is 13.5. The number of aromatic nitrogens is 2. The van der Waals surface area contributed by atoms with Crippen molar-refractivity contribution in [3.63, 3.8) is 0 Å². The zero-order valence-corrected chi connectivity index (χ0v) is 11.2. The number of aromatic amines is 1. The molecule has 4 atom stereocenters. The van der Waals surface area contributed by atoms with E-state index >= 15 is 0 Å². The zero-order valence-electron chi connectivity index (χ0n) is 9.54. The molecule has 0 radical (unpaired) electrons. The maximum Gasteiger partial charge on any atom is 0.180 e. The summed E-state index contributed by atoms with van der Waals surface area (Å²) in [6, 6.07) is 1.56. The molecule has 2 heterocycles. The highest BCUT2D eigenvalue weighted by Gasteiger charge is 2.54. The first-order valence-corrected chi connectivity index (χ1v) is 6.14. The van der Waals surface area contributed by atoms with Crippen LogP contribution in [-0.4, -0.2) is 44.2 Å². The van der Waals surface area contributed by atoms with Crippen molar-refractivity contribution in [2.75, 3.05) is 6.61 Å². The van der Waals surface area contributed by atoms with Crippen LogP contribution >= 0.6 is 24.4 Å². The van der Waals surface area contributed by atoms with Crippen LogP contribution in [-0.2, 0) is 4.74 Å². The molecule has 1 saturated heterocycles. The minimum atomic E-state index is -1.78. The molecule has 0 amide bonds. The van der Waals surface area contributed by atoms with Crippen molar-refractivity contribution < 1.29 is 19.3 Å². The number of nitrogens with zero attached hydrogens (tertiary/aromatic N) is 1. The lowest BCUT2D eigenvalue weighted by atomic mass is 9.98. The quantitative estimate of drug-likeness (QED) is 0.716. The monoisotopic (exact) mass is 292 g/mol. The standard InChI is InChI=1S/C10H13FN2O3S2/c1-10(15)7(11)5(4-14)16-8(10)13-3-2-6(17)12-9(13)18/h2-3,5,7-8,14-15H,4H2,1H3,(H,12,17,18)/t5-,7+,8-,10?/m1/s1. The molecule has 8 heteroatoms. The highest BCUT2D eigenvalue weighted by atomic mass is 32.1. The first-order chi connectivity index (χ1) is 8.37. The van der Waals surface area contributed by atoms with Gasteiger partial charge in [-0.25, -0.2) is 4.39 Å². The molecule has 5 nitrogen and oxygen atoms in total. The van der Waals surface area contributed by atoms with E-state index in [2.05, 4.69) is 4.98 Å². The molecule has 0 bridgehead atoms. The number of aliphatic hydroxyl groups is 2. The first-order valence-electron chi connectivity index (χ1n) is 5.32. The van der Waals surface area contributed by atoms with Crippen LogP contribution in [0.1, 0.15) is 13.2 Å². The Hall–Kier alpha value is -0.670. The van der Waals surface area contributed by atoms with Gasteiger partial charge in [-0.2, -0.15) is 0 Å². The summed E-state index contributed by atoms with van der Waals surface area (Å²) in [6.45, 7) is 0.797. The molecule has 1 aromatic rings. The van der Waals surface area contributed by atoms with E-state index in [0.717, 1.165) is 0 Å². The molecule has 18 heavy (non-hydrogen) atoms. The van der Waals surface area contributed by atoms with E-state index in [1.807, 2.05) is 0 Å². The van der Waals surface area contributed by atoms with Gasteiger partial charge in [0.15, 0.2) is 17.2 Å². The van der Waals surface area contributed by atoms with Gasteiger partial charge in [-0.05, 0) is 25.2 Å². The van der Waals surface area contributed by atoms with E-state index in [-0.39, 0.29) is 4.77 Å². The number of halogens is 1. The number of rotatable bonds is 2. The number of ether oxygens (including phenoxy) is 1. The Labute approximate surface area is 113 Å². The van der Waals surface area contributed by atoms with Gasteiger partial charge in [0.1, 0.15) is 16.3 Å². The molecule has 100 valence electrons. The Bertz CT molecular complexity index is 557. The predicted octanol–water partition coefficient (Wildman–Crippen LogP) is 1.25. The summed E-state index contributed by atoms with van der Waals surface area (Å²) >= 11 is 9.96. The molecule has 1 aromatic heterocycles. The van der Waals surface area contributed by atoms with Crippen LogP contribution in [0.15, 0.2) is 12.3 Å². The smallest absolute Gasteiger partial charge is 0.180 e. The molecule has 0 spiro atoms. The van der Waals surface area contributed by atoms with E-state index in [1.165, 1.54) is 17.7 Å². The lowest BCUT2D eigenvalue weighted by molar-refractivity contribution is -0.0923. The molecule has 1 aliphatic heterocycles. The average molecular weight is 292 g/mol. The Kier molecular flexibility index (Phi) is 3.65. The maximum atomic E-state index is 13.9. The fourth-order valence-electron chi connectivity index (χ4n) is 1.98. The van der Waals surface area contributed by atoms with Crippen molar-refractivity contribution in [3.05, 3.63) is 21.7 Å². The molecule has 3 N–H and O–H groups in total. The molecule has 0 saturated carbocycles. The summed E-state index contributed by atoms with van der Waals surface area (Å²) in [5.74, 6) is 0. The summed E-state index contributed by atoms with van der Waals surface area (Å²) in [7, 11) is 0. The third-order valence-electron chi connectivity index (χ3n) is 2.97. The van der Waals surface area contributed by atoms with Crippen molar-refractivity contribution in [2.45, 2.75) is 31.0 Å². The highest BCUT2D eigenvalue weighted by molar-refractivity contribution is 7.72. The van der Waals surface area contributed by atoms with Gasteiger partial charge in [-0.1, -0.05) is 12.2 Å². The van der Waals surface area contributed by atoms with Gasteiger partial charge in [0, 0.05) is 6.20 Å². The highest BCUT2D eigenvalue weighted by Crippen LogP contribution is 2.39.